The van der Waals surface area contributed by atoms with Crippen molar-refractivity contribution in [2.24, 2.45) is 5.92 Å². The summed E-state index contributed by atoms with van der Waals surface area (Å²) in [6.07, 6.45) is 3.98. The molecule has 8 heteroatoms. The molecule has 1 saturated carbocycles. The highest BCUT2D eigenvalue weighted by atomic mass is 35.5. The third kappa shape index (κ3) is 4.06. The molecular weight excluding hydrogens is 389 g/mol. The molecule has 0 spiro atoms. The number of imide groups is 1. The molecule has 4 amide bonds. The normalized spacial score (nSPS) is 28.2. The second-order valence-electron chi connectivity index (χ2n) is 7.59. The van der Waals surface area contributed by atoms with Crippen molar-refractivity contribution in [2.45, 2.75) is 51.1 Å². The number of hydrogen-bond donors (Lipinski definition) is 2. The fourth-order valence-corrected chi connectivity index (χ4v) is 4.34. The van der Waals surface area contributed by atoms with E-state index in [9.17, 15) is 14.4 Å². The van der Waals surface area contributed by atoms with Crippen molar-refractivity contribution in [2.75, 3.05) is 6.54 Å². The lowest BCUT2D eigenvalue weighted by atomic mass is 9.87. The molecule has 0 unspecified atom stereocenters. The molecule has 2 aliphatic rings. The Kier molecular flexibility index (Phi) is 5.68. The van der Waals surface area contributed by atoms with Crippen molar-refractivity contribution in [1.82, 2.24) is 15.5 Å². The van der Waals surface area contributed by atoms with Gasteiger partial charge in [-0.15, -0.1) is 0 Å². The van der Waals surface area contributed by atoms with Crippen molar-refractivity contribution >= 4 is 41.0 Å². The SMILES string of the molecule is CC1CCC(NC(=O)CN2C(=O)N[C@@](C)(c3ccc(Cl)cc3Cl)C2=O)CC1. The minimum atomic E-state index is -1.33. The van der Waals surface area contributed by atoms with Gasteiger partial charge in [0.15, 0.2) is 0 Å². The maximum atomic E-state index is 12.9. The Hall–Kier alpha value is -1.79. The van der Waals surface area contributed by atoms with E-state index < -0.39 is 17.5 Å². The van der Waals surface area contributed by atoms with Crippen LogP contribution in [0.15, 0.2) is 18.2 Å². The fraction of sp³-hybridized carbons (Fsp3) is 0.526. The minimum Gasteiger partial charge on any atom is -0.352 e. The van der Waals surface area contributed by atoms with Gasteiger partial charge in [-0.25, -0.2) is 4.79 Å². The van der Waals surface area contributed by atoms with Gasteiger partial charge in [-0.1, -0.05) is 36.2 Å². The Morgan fingerprint density at radius 3 is 2.56 bits per heavy atom. The van der Waals surface area contributed by atoms with Crippen molar-refractivity contribution < 1.29 is 14.4 Å². The number of urea groups is 1. The number of benzene rings is 1. The van der Waals surface area contributed by atoms with Gasteiger partial charge >= 0.3 is 6.03 Å². The van der Waals surface area contributed by atoms with Crippen LogP contribution in [-0.2, 0) is 15.1 Å². The van der Waals surface area contributed by atoms with Crippen molar-refractivity contribution in [3.05, 3.63) is 33.8 Å². The highest BCUT2D eigenvalue weighted by Crippen LogP contribution is 2.35. The zero-order chi connectivity index (χ0) is 19.8. The summed E-state index contributed by atoms with van der Waals surface area (Å²) >= 11 is 12.1. The first-order chi connectivity index (χ1) is 12.7. The van der Waals surface area contributed by atoms with E-state index in [0.717, 1.165) is 30.6 Å². The number of halogens is 2. The molecule has 1 aliphatic heterocycles. The molecule has 27 heavy (non-hydrogen) atoms. The summed E-state index contributed by atoms with van der Waals surface area (Å²) in [6, 6.07) is 4.22. The van der Waals surface area contributed by atoms with Crippen LogP contribution in [0, 0.1) is 5.92 Å². The highest BCUT2D eigenvalue weighted by molar-refractivity contribution is 6.35. The van der Waals surface area contributed by atoms with Gasteiger partial charge in [0.2, 0.25) is 5.91 Å². The average molecular weight is 412 g/mol. The Morgan fingerprint density at radius 2 is 1.93 bits per heavy atom. The Bertz CT molecular complexity index is 777. The van der Waals surface area contributed by atoms with E-state index in [4.69, 9.17) is 23.2 Å². The van der Waals surface area contributed by atoms with Crippen LogP contribution in [0.3, 0.4) is 0 Å². The number of amides is 4. The van der Waals surface area contributed by atoms with Gasteiger partial charge in [-0.2, -0.15) is 0 Å². The van der Waals surface area contributed by atoms with Crippen molar-refractivity contribution in [3.8, 4) is 0 Å². The van der Waals surface area contributed by atoms with Gasteiger partial charge in [0.1, 0.15) is 12.1 Å². The van der Waals surface area contributed by atoms with Crippen LogP contribution in [0.2, 0.25) is 10.0 Å². The third-order valence-electron chi connectivity index (χ3n) is 5.43. The first-order valence-corrected chi connectivity index (χ1v) is 9.85. The summed E-state index contributed by atoms with van der Waals surface area (Å²) < 4.78 is 0. The third-order valence-corrected chi connectivity index (χ3v) is 5.98. The fourth-order valence-electron chi connectivity index (χ4n) is 3.74. The van der Waals surface area contributed by atoms with Crippen LogP contribution in [-0.4, -0.2) is 35.3 Å². The molecule has 2 fully saturated rings. The molecule has 2 N–H and O–H groups in total. The molecule has 1 saturated heterocycles. The molecule has 1 atom stereocenters. The van der Waals surface area contributed by atoms with Gasteiger partial charge in [-0.3, -0.25) is 14.5 Å². The van der Waals surface area contributed by atoms with Crippen LogP contribution in [0.1, 0.15) is 45.1 Å². The second kappa shape index (κ2) is 7.68. The number of nitrogens with zero attached hydrogens (tertiary/aromatic N) is 1. The summed E-state index contributed by atoms with van der Waals surface area (Å²) in [5, 5.41) is 6.30. The first-order valence-electron chi connectivity index (χ1n) is 9.09. The van der Waals surface area contributed by atoms with E-state index in [-0.39, 0.29) is 23.5 Å². The van der Waals surface area contributed by atoms with E-state index >= 15 is 0 Å². The van der Waals surface area contributed by atoms with E-state index in [0.29, 0.717) is 16.5 Å². The molecule has 1 aliphatic carbocycles. The van der Waals surface area contributed by atoms with Crippen LogP contribution < -0.4 is 10.6 Å². The summed E-state index contributed by atoms with van der Waals surface area (Å²) in [5.41, 5.74) is -0.893. The molecule has 146 valence electrons. The smallest absolute Gasteiger partial charge is 0.325 e. The summed E-state index contributed by atoms with van der Waals surface area (Å²) in [4.78, 5) is 38.6. The molecule has 1 heterocycles. The van der Waals surface area contributed by atoms with Gasteiger partial charge < -0.3 is 10.6 Å². The quantitative estimate of drug-likeness (QED) is 0.744. The van der Waals surface area contributed by atoms with E-state index in [1.165, 1.54) is 6.07 Å². The molecule has 1 aromatic rings. The molecule has 0 bridgehead atoms. The lowest BCUT2D eigenvalue weighted by molar-refractivity contribution is -0.135. The number of nitrogens with one attached hydrogen (secondary N) is 2. The van der Waals surface area contributed by atoms with Gasteiger partial charge in [0.05, 0.1) is 0 Å². The predicted octanol–water partition coefficient (Wildman–Crippen LogP) is 3.46. The molecule has 3 rings (SSSR count). The Labute approximate surface area is 168 Å². The largest absolute Gasteiger partial charge is 0.352 e. The zero-order valence-corrected chi connectivity index (χ0v) is 16.9. The van der Waals surface area contributed by atoms with E-state index in [1.54, 1.807) is 19.1 Å². The van der Waals surface area contributed by atoms with Crippen LogP contribution >= 0.6 is 23.2 Å². The van der Waals surface area contributed by atoms with Gasteiger partial charge in [0, 0.05) is 21.7 Å². The van der Waals surface area contributed by atoms with Crippen LogP contribution in [0.4, 0.5) is 4.79 Å². The molecule has 6 nitrogen and oxygen atoms in total. The average Bonchev–Trinajstić information content (AvgIpc) is 2.81. The van der Waals surface area contributed by atoms with Crippen molar-refractivity contribution in [1.29, 1.82) is 0 Å². The first kappa shape index (κ1) is 20.0. The minimum absolute atomic E-state index is 0.103. The molecular formula is C19H23Cl2N3O3. The number of hydrogen-bond acceptors (Lipinski definition) is 3. The summed E-state index contributed by atoms with van der Waals surface area (Å²) in [6.45, 7) is 3.47. The Morgan fingerprint density at radius 1 is 1.26 bits per heavy atom. The second-order valence-corrected chi connectivity index (χ2v) is 8.44. The molecule has 0 radical (unpaired) electrons. The topological polar surface area (TPSA) is 78.5 Å². The Balaban J connectivity index is 1.69. The van der Waals surface area contributed by atoms with Crippen LogP contribution in [0.5, 0.6) is 0 Å². The number of carbonyl (C=O) groups excluding carboxylic acids is 3. The molecule has 1 aromatic carbocycles. The van der Waals surface area contributed by atoms with Crippen LogP contribution in [0.25, 0.3) is 0 Å². The number of rotatable bonds is 4. The van der Waals surface area contributed by atoms with Crippen molar-refractivity contribution in [3.63, 3.8) is 0 Å². The maximum absolute atomic E-state index is 12.9. The molecule has 0 aromatic heterocycles. The lowest BCUT2D eigenvalue weighted by Gasteiger charge is -2.27. The predicted molar refractivity (Wildman–Crippen MR) is 104 cm³/mol. The number of carbonyl (C=O) groups is 3. The van der Waals surface area contributed by atoms with E-state index in [2.05, 4.69) is 17.6 Å². The highest BCUT2D eigenvalue weighted by Gasteiger charge is 2.50. The maximum Gasteiger partial charge on any atom is 0.325 e. The summed E-state index contributed by atoms with van der Waals surface area (Å²) in [5.74, 6) is -0.164. The monoisotopic (exact) mass is 411 g/mol. The van der Waals surface area contributed by atoms with Gasteiger partial charge in [-0.05, 0) is 50.7 Å². The lowest BCUT2D eigenvalue weighted by Crippen LogP contribution is -2.46. The van der Waals surface area contributed by atoms with E-state index in [1.807, 2.05) is 0 Å². The summed E-state index contributed by atoms with van der Waals surface area (Å²) in [7, 11) is 0. The standard InChI is InChI=1S/C19H23Cl2N3O3/c1-11-3-6-13(7-4-11)22-16(25)10-24-17(26)19(2,23-18(24)27)14-8-5-12(20)9-15(14)21/h5,8-9,11,13H,3-4,6-7,10H2,1-2H3,(H,22,25)(H,23,27)/t11?,13?,19-/m0/s1. The zero-order valence-electron chi connectivity index (χ0n) is 15.4. The van der Waals surface area contributed by atoms with Gasteiger partial charge in [0.25, 0.3) is 5.91 Å².